The van der Waals surface area contributed by atoms with Crippen LogP contribution in [0, 0.1) is 0 Å². The molecule has 0 saturated carbocycles. The van der Waals surface area contributed by atoms with Crippen molar-refractivity contribution in [2.75, 3.05) is 32.7 Å². The molecule has 0 spiro atoms. The second kappa shape index (κ2) is 4.57. The molecule has 2 rings (SSSR count). The van der Waals surface area contributed by atoms with Gasteiger partial charge in [0.25, 0.3) is 0 Å². The molecule has 0 aliphatic carbocycles. The topological polar surface area (TPSA) is 33.1 Å². The van der Waals surface area contributed by atoms with Crippen LogP contribution in [0.4, 0.5) is 0 Å². The van der Waals surface area contributed by atoms with Crippen LogP contribution in [0.25, 0.3) is 0 Å². The van der Waals surface area contributed by atoms with E-state index in [1.807, 2.05) is 12.5 Å². The fourth-order valence-electron chi connectivity index (χ4n) is 1.83. The summed E-state index contributed by atoms with van der Waals surface area (Å²) in [6, 6.07) is 0. The van der Waals surface area contributed by atoms with Crippen molar-refractivity contribution in [2.45, 2.75) is 6.42 Å². The van der Waals surface area contributed by atoms with Crippen LogP contribution in [0.2, 0.25) is 0 Å². The van der Waals surface area contributed by atoms with Gasteiger partial charge in [-0.3, -0.25) is 0 Å². The molecule has 14 heavy (non-hydrogen) atoms. The molecule has 2 heterocycles. The zero-order chi connectivity index (χ0) is 9.80. The van der Waals surface area contributed by atoms with Gasteiger partial charge in [0.05, 0.1) is 6.33 Å². The van der Waals surface area contributed by atoms with Crippen molar-refractivity contribution in [1.29, 1.82) is 0 Å². The molecule has 78 valence electrons. The first kappa shape index (κ1) is 9.68. The Morgan fingerprint density at radius 1 is 1.43 bits per heavy atom. The quantitative estimate of drug-likeness (QED) is 0.727. The zero-order valence-electron chi connectivity index (χ0n) is 8.74. The van der Waals surface area contributed by atoms with Crippen molar-refractivity contribution in [3.63, 3.8) is 0 Å². The lowest BCUT2D eigenvalue weighted by Crippen LogP contribution is -2.44. The van der Waals surface area contributed by atoms with Crippen molar-refractivity contribution in [3.8, 4) is 0 Å². The predicted octanol–water partition coefficient (Wildman–Crippen LogP) is -0.132. The van der Waals surface area contributed by atoms with Gasteiger partial charge >= 0.3 is 0 Å². The molecule has 0 radical (unpaired) electrons. The molecular weight excluding hydrogens is 176 g/mol. The highest BCUT2D eigenvalue weighted by Crippen LogP contribution is 2.00. The number of imidazole rings is 1. The molecule has 0 bridgehead atoms. The standard InChI is InChI=1S/C10H18N4/c1-13-9-12-8-10(13)2-5-14-6-3-11-4-7-14/h8-9,11H,2-7H2,1H3. The van der Waals surface area contributed by atoms with Crippen molar-refractivity contribution >= 4 is 0 Å². The fraction of sp³-hybridized carbons (Fsp3) is 0.700. The normalized spacial score (nSPS) is 18.6. The van der Waals surface area contributed by atoms with Gasteiger partial charge in [-0.05, 0) is 0 Å². The number of rotatable bonds is 3. The van der Waals surface area contributed by atoms with E-state index in [-0.39, 0.29) is 0 Å². The van der Waals surface area contributed by atoms with Gasteiger partial charge in [0.1, 0.15) is 0 Å². The number of aromatic nitrogens is 2. The average Bonchev–Trinajstić information content (AvgIpc) is 2.63. The van der Waals surface area contributed by atoms with Crippen molar-refractivity contribution in [3.05, 3.63) is 18.2 Å². The lowest BCUT2D eigenvalue weighted by Gasteiger charge is -2.26. The minimum atomic E-state index is 1.11. The highest BCUT2D eigenvalue weighted by molar-refractivity contribution is 4.98. The molecule has 1 saturated heterocycles. The van der Waals surface area contributed by atoms with E-state index in [1.54, 1.807) is 0 Å². The molecule has 0 amide bonds. The Bertz CT molecular complexity index is 275. The first-order valence-electron chi connectivity index (χ1n) is 5.24. The van der Waals surface area contributed by atoms with Gasteiger partial charge in [-0.2, -0.15) is 0 Å². The Morgan fingerprint density at radius 2 is 2.21 bits per heavy atom. The van der Waals surface area contributed by atoms with Crippen molar-refractivity contribution in [1.82, 2.24) is 19.8 Å². The predicted molar refractivity (Wildman–Crippen MR) is 56.2 cm³/mol. The van der Waals surface area contributed by atoms with Gasteiger partial charge in [-0.15, -0.1) is 0 Å². The molecule has 0 atom stereocenters. The molecule has 0 unspecified atom stereocenters. The van der Waals surface area contributed by atoms with E-state index in [2.05, 4.69) is 26.8 Å². The Kier molecular flexibility index (Phi) is 3.16. The van der Waals surface area contributed by atoms with Crippen LogP contribution in [0.3, 0.4) is 0 Å². The first-order valence-corrected chi connectivity index (χ1v) is 5.24. The Labute approximate surface area is 84.9 Å². The van der Waals surface area contributed by atoms with E-state index in [0.717, 1.165) is 26.1 Å². The second-order valence-corrected chi connectivity index (χ2v) is 3.84. The summed E-state index contributed by atoms with van der Waals surface area (Å²) in [6.07, 6.45) is 4.94. The van der Waals surface area contributed by atoms with E-state index in [9.17, 15) is 0 Å². The molecule has 1 aromatic heterocycles. The summed E-state index contributed by atoms with van der Waals surface area (Å²) in [5, 5.41) is 3.36. The number of hydrogen-bond donors (Lipinski definition) is 1. The summed E-state index contributed by atoms with van der Waals surface area (Å²) in [7, 11) is 2.06. The van der Waals surface area contributed by atoms with Crippen molar-refractivity contribution in [2.24, 2.45) is 7.05 Å². The van der Waals surface area contributed by atoms with Crippen LogP contribution >= 0.6 is 0 Å². The van der Waals surface area contributed by atoms with Gasteiger partial charge in [0.15, 0.2) is 0 Å². The third-order valence-corrected chi connectivity index (χ3v) is 2.81. The van der Waals surface area contributed by atoms with Crippen LogP contribution in [0.15, 0.2) is 12.5 Å². The molecule has 4 heteroatoms. The first-order chi connectivity index (χ1) is 6.86. The minimum absolute atomic E-state index is 1.11. The molecule has 1 N–H and O–H groups in total. The lowest BCUT2D eigenvalue weighted by molar-refractivity contribution is 0.242. The van der Waals surface area contributed by atoms with Gasteiger partial charge in [-0.25, -0.2) is 4.98 Å². The van der Waals surface area contributed by atoms with Gasteiger partial charge in [0, 0.05) is 58.1 Å². The minimum Gasteiger partial charge on any atom is -0.338 e. The maximum absolute atomic E-state index is 4.12. The van der Waals surface area contributed by atoms with Crippen LogP contribution in [-0.4, -0.2) is 47.2 Å². The average molecular weight is 194 g/mol. The van der Waals surface area contributed by atoms with E-state index >= 15 is 0 Å². The van der Waals surface area contributed by atoms with Gasteiger partial charge in [0.2, 0.25) is 0 Å². The number of aryl methyl sites for hydroxylation is 1. The van der Waals surface area contributed by atoms with Crippen LogP contribution < -0.4 is 5.32 Å². The largest absolute Gasteiger partial charge is 0.338 e. The second-order valence-electron chi connectivity index (χ2n) is 3.84. The summed E-state index contributed by atoms with van der Waals surface area (Å²) < 4.78 is 2.10. The maximum Gasteiger partial charge on any atom is 0.0945 e. The Balaban J connectivity index is 1.79. The Morgan fingerprint density at radius 3 is 2.86 bits per heavy atom. The smallest absolute Gasteiger partial charge is 0.0945 e. The van der Waals surface area contributed by atoms with Crippen LogP contribution in [0.1, 0.15) is 5.69 Å². The van der Waals surface area contributed by atoms with Gasteiger partial charge in [-0.1, -0.05) is 0 Å². The van der Waals surface area contributed by atoms with E-state index in [1.165, 1.54) is 18.8 Å². The highest BCUT2D eigenvalue weighted by atomic mass is 15.2. The third kappa shape index (κ3) is 2.33. The monoisotopic (exact) mass is 194 g/mol. The summed E-state index contributed by atoms with van der Waals surface area (Å²) in [5.74, 6) is 0. The summed E-state index contributed by atoms with van der Waals surface area (Å²) >= 11 is 0. The molecule has 0 aromatic carbocycles. The molecule has 1 aliphatic heterocycles. The van der Waals surface area contributed by atoms with E-state index < -0.39 is 0 Å². The number of nitrogens with zero attached hydrogens (tertiary/aromatic N) is 3. The van der Waals surface area contributed by atoms with Crippen LogP contribution in [-0.2, 0) is 13.5 Å². The lowest BCUT2D eigenvalue weighted by atomic mass is 10.3. The highest BCUT2D eigenvalue weighted by Gasteiger charge is 2.09. The number of piperazine rings is 1. The summed E-state index contributed by atoms with van der Waals surface area (Å²) in [4.78, 5) is 6.62. The maximum atomic E-state index is 4.12. The van der Waals surface area contributed by atoms with E-state index in [4.69, 9.17) is 0 Å². The number of hydrogen-bond acceptors (Lipinski definition) is 3. The summed E-state index contributed by atoms with van der Waals surface area (Å²) in [6.45, 7) is 5.77. The molecule has 4 nitrogen and oxygen atoms in total. The summed E-state index contributed by atoms with van der Waals surface area (Å²) in [5.41, 5.74) is 1.32. The number of nitrogens with one attached hydrogen (secondary N) is 1. The molecule has 1 aromatic rings. The van der Waals surface area contributed by atoms with E-state index in [0.29, 0.717) is 0 Å². The molecule has 1 aliphatic rings. The Hall–Kier alpha value is -0.870. The zero-order valence-corrected chi connectivity index (χ0v) is 8.74. The fourth-order valence-corrected chi connectivity index (χ4v) is 1.83. The van der Waals surface area contributed by atoms with Gasteiger partial charge < -0.3 is 14.8 Å². The van der Waals surface area contributed by atoms with Crippen molar-refractivity contribution < 1.29 is 0 Å². The molecule has 1 fully saturated rings. The van der Waals surface area contributed by atoms with Crippen LogP contribution in [0.5, 0.6) is 0 Å². The SMILES string of the molecule is Cn1cncc1CCN1CCNCC1. The third-order valence-electron chi connectivity index (χ3n) is 2.81. The molecular formula is C10H18N4.